The van der Waals surface area contributed by atoms with Gasteiger partial charge in [-0.25, -0.2) is 0 Å². The zero-order valence-electron chi connectivity index (χ0n) is 17.9. The first-order valence-corrected chi connectivity index (χ1v) is 10.3. The summed E-state index contributed by atoms with van der Waals surface area (Å²) in [6, 6.07) is 11.4. The molecule has 6 heteroatoms. The predicted molar refractivity (Wildman–Crippen MR) is 127 cm³/mol. The molecule has 1 saturated carbocycles. The largest absolute Gasteiger partial charge is 0.377 e. The molecule has 1 aromatic carbocycles. The van der Waals surface area contributed by atoms with E-state index in [0.29, 0.717) is 24.1 Å². The van der Waals surface area contributed by atoms with E-state index < -0.39 is 0 Å². The van der Waals surface area contributed by atoms with Crippen molar-refractivity contribution in [1.29, 1.82) is 0 Å². The Labute approximate surface area is 187 Å². The van der Waals surface area contributed by atoms with Gasteiger partial charge in [0, 0.05) is 43.1 Å². The van der Waals surface area contributed by atoms with Crippen LogP contribution in [0.2, 0.25) is 0 Å². The SMILES string of the molecule is CCNC(=NCC(C)N(C)Cc1ccccc1)NC1C2CCOC2C1(C)C.I. The quantitative estimate of drug-likeness (QED) is 0.342. The van der Waals surface area contributed by atoms with Crippen molar-refractivity contribution < 1.29 is 4.74 Å². The minimum Gasteiger partial charge on any atom is -0.377 e. The van der Waals surface area contributed by atoms with E-state index in [-0.39, 0.29) is 29.4 Å². The standard InChI is InChI=1S/C22H36N4O.HI/c1-6-23-21(25-19-18-12-13-27-20(18)22(19,3)4)24-14-16(2)26(5)15-17-10-8-7-9-11-17;/h7-11,16,18-20H,6,12-15H2,1-5H3,(H2,23,24,25);1H. The Kier molecular flexibility index (Phi) is 8.58. The first-order valence-electron chi connectivity index (χ1n) is 10.3. The highest BCUT2D eigenvalue weighted by Gasteiger charge is 2.59. The number of hydrogen-bond donors (Lipinski definition) is 2. The van der Waals surface area contributed by atoms with Crippen molar-refractivity contribution in [2.45, 2.75) is 58.8 Å². The third-order valence-corrected chi connectivity index (χ3v) is 6.28. The van der Waals surface area contributed by atoms with E-state index in [9.17, 15) is 0 Å². The molecule has 5 nitrogen and oxygen atoms in total. The minimum absolute atomic E-state index is 0. The van der Waals surface area contributed by atoms with E-state index in [1.807, 2.05) is 0 Å². The molecule has 2 fully saturated rings. The Balaban J connectivity index is 0.00000280. The van der Waals surface area contributed by atoms with Crippen molar-refractivity contribution in [3.63, 3.8) is 0 Å². The van der Waals surface area contributed by atoms with Crippen molar-refractivity contribution in [3.05, 3.63) is 35.9 Å². The van der Waals surface area contributed by atoms with Crippen LogP contribution >= 0.6 is 24.0 Å². The lowest BCUT2D eigenvalue weighted by atomic mass is 9.57. The summed E-state index contributed by atoms with van der Waals surface area (Å²) in [6.07, 6.45) is 1.55. The Hall–Kier alpha value is -0.860. The number of benzene rings is 1. The minimum atomic E-state index is 0. The van der Waals surface area contributed by atoms with Gasteiger partial charge in [-0.3, -0.25) is 9.89 Å². The molecule has 1 aromatic rings. The lowest BCUT2D eigenvalue weighted by Crippen LogP contribution is -2.68. The van der Waals surface area contributed by atoms with Gasteiger partial charge in [0.05, 0.1) is 12.6 Å². The molecule has 2 N–H and O–H groups in total. The molecular formula is C22H37IN4O. The fraction of sp³-hybridized carbons (Fsp3) is 0.682. The number of aliphatic imine (C=N–C) groups is 1. The maximum Gasteiger partial charge on any atom is 0.191 e. The second-order valence-corrected chi connectivity index (χ2v) is 8.66. The van der Waals surface area contributed by atoms with Gasteiger partial charge in [0.2, 0.25) is 0 Å². The summed E-state index contributed by atoms with van der Waals surface area (Å²) >= 11 is 0. The van der Waals surface area contributed by atoms with Crippen LogP contribution in [0.25, 0.3) is 0 Å². The average molecular weight is 500 g/mol. The zero-order chi connectivity index (χ0) is 19.4. The lowest BCUT2D eigenvalue weighted by molar-refractivity contribution is -0.106. The highest BCUT2D eigenvalue weighted by Crippen LogP contribution is 2.52. The number of guanidine groups is 1. The molecule has 4 atom stereocenters. The van der Waals surface area contributed by atoms with Crippen LogP contribution in [0.5, 0.6) is 0 Å². The lowest BCUT2D eigenvalue weighted by Gasteiger charge is -2.55. The molecule has 1 saturated heterocycles. The van der Waals surface area contributed by atoms with Gasteiger partial charge in [0.15, 0.2) is 5.96 Å². The third-order valence-electron chi connectivity index (χ3n) is 6.28. The van der Waals surface area contributed by atoms with Crippen LogP contribution in [0.4, 0.5) is 0 Å². The summed E-state index contributed by atoms with van der Waals surface area (Å²) in [7, 11) is 2.17. The van der Waals surface area contributed by atoms with Crippen LogP contribution in [0.1, 0.15) is 39.7 Å². The van der Waals surface area contributed by atoms with E-state index in [0.717, 1.165) is 38.6 Å². The van der Waals surface area contributed by atoms with Gasteiger partial charge < -0.3 is 15.4 Å². The van der Waals surface area contributed by atoms with Crippen molar-refractivity contribution in [1.82, 2.24) is 15.5 Å². The monoisotopic (exact) mass is 500 g/mol. The van der Waals surface area contributed by atoms with Crippen LogP contribution in [-0.2, 0) is 11.3 Å². The molecule has 1 aliphatic carbocycles. The zero-order valence-corrected chi connectivity index (χ0v) is 20.3. The molecule has 0 amide bonds. The van der Waals surface area contributed by atoms with E-state index in [1.54, 1.807) is 0 Å². The fourth-order valence-electron chi connectivity index (χ4n) is 4.47. The Bertz CT molecular complexity index is 637. The first-order chi connectivity index (χ1) is 12.9. The van der Waals surface area contributed by atoms with Crippen molar-refractivity contribution in [3.8, 4) is 0 Å². The maximum absolute atomic E-state index is 5.92. The van der Waals surface area contributed by atoms with Gasteiger partial charge in [-0.15, -0.1) is 24.0 Å². The Morgan fingerprint density at radius 1 is 1.32 bits per heavy atom. The molecule has 0 radical (unpaired) electrons. The van der Waals surface area contributed by atoms with Gasteiger partial charge in [0.1, 0.15) is 0 Å². The number of likely N-dealkylation sites (N-methyl/N-ethyl adjacent to an activating group) is 1. The molecule has 3 rings (SSSR count). The Morgan fingerprint density at radius 2 is 2.04 bits per heavy atom. The summed E-state index contributed by atoms with van der Waals surface area (Å²) in [5.74, 6) is 1.54. The molecule has 2 aliphatic rings. The highest BCUT2D eigenvalue weighted by atomic mass is 127. The second-order valence-electron chi connectivity index (χ2n) is 8.66. The van der Waals surface area contributed by atoms with Gasteiger partial charge in [-0.1, -0.05) is 44.2 Å². The normalized spacial score (nSPS) is 26.8. The Morgan fingerprint density at radius 3 is 2.71 bits per heavy atom. The maximum atomic E-state index is 5.92. The average Bonchev–Trinajstić information content (AvgIpc) is 3.11. The first kappa shape index (κ1) is 23.4. The predicted octanol–water partition coefficient (Wildman–Crippen LogP) is 3.49. The van der Waals surface area contributed by atoms with Crippen LogP contribution in [0.15, 0.2) is 35.3 Å². The molecule has 0 bridgehead atoms. The van der Waals surface area contributed by atoms with Gasteiger partial charge in [-0.2, -0.15) is 0 Å². The summed E-state index contributed by atoms with van der Waals surface area (Å²) in [4.78, 5) is 7.25. The van der Waals surface area contributed by atoms with Crippen molar-refractivity contribution >= 4 is 29.9 Å². The summed E-state index contributed by atoms with van der Waals surface area (Å²) in [5, 5.41) is 7.12. The molecule has 1 heterocycles. The van der Waals surface area contributed by atoms with Gasteiger partial charge in [-0.05, 0) is 32.9 Å². The van der Waals surface area contributed by atoms with E-state index in [1.165, 1.54) is 5.56 Å². The number of hydrogen-bond acceptors (Lipinski definition) is 3. The smallest absolute Gasteiger partial charge is 0.191 e. The molecule has 4 unspecified atom stereocenters. The number of nitrogens with zero attached hydrogens (tertiary/aromatic N) is 2. The number of fused-ring (bicyclic) bond motifs is 1. The number of ether oxygens (including phenoxy) is 1. The fourth-order valence-corrected chi connectivity index (χ4v) is 4.47. The number of rotatable bonds is 7. The van der Waals surface area contributed by atoms with E-state index >= 15 is 0 Å². The molecule has 158 valence electrons. The third kappa shape index (κ3) is 5.19. The summed E-state index contributed by atoms with van der Waals surface area (Å²) in [6.45, 7) is 12.5. The van der Waals surface area contributed by atoms with Crippen LogP contribution < -0.4 is 10.6 Å². The number of nitrogens with one attached hydrogen (secondary N) is 2. The van der Waals surface area contributed by atoms with Gasteiger partial charge >= 0.3 is 0 Å². The second kappa shape index (κ2) is 10.3. The molecule has 0 spiro atoms. The van der Waals surface area contributed by atoms with Crippen molar-refractivity contribution in [2.75, 3.05) is 26.7 Å². The van der Waals surface area contributed by atoms with Crippen LogP contribution in [0.3, 0.4) is 0 Å². The van der Waals surface area contributed by atoms with Crippen molar-refractivity contribution in [2.24, 2.45) is 16.3 Å². The number of halogens is 1. The molecular weight excluding hydrogens is 463 g/mol. The van der Waals surface area contributed by atoms with Gasteiger partial charge in [0.25, 0.3) is 0 Å². The van der Waals surface area contributed by atoms with Crippen LogP contribution in [-0.4, -0.2) is 55.8 Å². The molecule has 1 aliphatic heterocycles. The summed E-state index contributed by atoms with van der Waals surface area (Å²) < 4.78 is 5.92. The highest BCUT2D eigenvalue weighted by molar-refractivity contribution is 14.0. The topological polar surface area (TPSA) is 48.9 Å². The molecule has 0 aromatic heterocycles. The van der Waals surface area contributed by atoms with Crippen LogP contribution in [0, 0.1) is 11.3 Å². The van der Waals surface area contributed by atoms with E-state index in [4.69, 9.17) is 9.73 Å². The van der Waals surface area contributed by atoms with E-state index in [2.05, 4.69) is 80.6 Å². The summed E-state index contributed by atoms with van der Waals surface area (Å²) in [5.41, 5.74) is 1.50. The molecule has 28 heavy (non-hydrogen) atoms.